The average molecular weight is 180 g/mol. The van der Waals surface area contributed by atoms with E-state index < -0.39 is 0 Å². The van der Waals surface area contributed by atoms with Gasteiger partial charge >= 0.3 is 0 Å². The molecule has 0 unspecified atom stereocenters. The Morgan fingerprint density at radius 3 is 2.77 bits per heavy atom. The number of hydrogen-bond acceptors (Lipinski definition) is 4. The number of anilines is 2. The summed E-state index contributed by atoms with van der Waals surface area (Å²) < 4.78 is 0. The maximum Gasteiger partial charge on any atom is 0.126 e. The minimum absolute atomic E-state index is 0.688. The van der Waals surface area contributed by atoms with Crippen molar-refractivity contribution in [1.82, 2.24) is 4.98 Å². The van der Waals surface area contributed by atoms with Gasteiger partial charge in [-0.25, -0.2) is 4.98 Å². The molecule has 4 heteroatoms. The summed E-state index contributed by atoms with van der Waals surface area (Å²) in [6, 6.07) is 3.70. The molecule has 0 saturated carbocycles. The largest absolute Gasteiger partial charge is 0.397 e. The minimum atomic E-state index is 0.688. The first kappa shape index (κ1) is 9.80. The second-order valence-electron chi connectivity index (χ2n) is 2.90. The van der Waals surface area contributed by atoms with E-state index in [4.69, 9.17) is 11.5 Å². The summed E-state index contributed by atoms with van der Waals surface area (Å²) in [5, 5.41) is 3.18. The fourth-order valence-corrected chi connectivity index (χ4v) is 0.996. The Bertz CT molecular complexity index is 232. The van der Waals surface area contributed by atoms with Gasteiger partial charge in [0.15, 0.2) is 0 Å². The number of pyridine rings is 1. The summed E-state index contributed by atoms with van der Waals surface area (Å²) in [5.41, 5.74) is 11.6. The summed E-state index contributed by atoms with van der Waals surface area (Å²) in [4.78, 5) is 4.11. The molecule has 0 aliphatic carbocycles. The Morgan fingerprint density at radius 1 is 1.31 bits per heavy atom. The first-order chi connectivity index (χ1) is 6.33. The van der Waals surface area contributed by atoms with Gasteiger partial charge in [0.05, 0.1) is 11.9 Å². The third kappa shape index (κ3) is 3.75. The van der Waals surface area contributed by atoms with Gasteiger partial charge in [-0.05, 0) is 31.5 Å². The van der Waals surface area contributed by atoms with Crippen LogP contribution in [0.3, 0.4) is 0 Å². The molecular formula is C9H16N4. The highest BCUT2D eigenvalue weighted by Gasteiger charge is 1.91. The molecule has 4 nitrogen and oxygen atoms in total. The van der Waals surface area contributed by atoms with Gasteiger partial charge in [0.1, 0.15) is 5.82 Å². The molecule has 0 radical (unpaired) electrons. The monoisotopic (exact) mass is 180 g/mol. The molecule has 0 amide bonds. The Morgan fingerprint density at radius 2 is 2.15 bits per heavy atom. The van der Waals surface area contributed by atoms with E-state index in [9.17, 15) is 0 Å². The molecule has 1 heterocycles. The SMILES string of the molecule is NCCCCNc1ccc(N)cn1. The molecule has 1 aromatic heterocycles. The Balaban J connectivity index is 2.25. The lowest BCUT2D eigenvalue weighted by Crippen LogP contribution is -2.06. The van der Waals surface area contributed by atoms with Crippen LogP contribution in [-0.2, 0) is 0 Å². The van der Waals surface area contributed by atoms with Crippen LogP contribution in [0.2, 0.25) is 0 Å². The zero-order valence-corrected chi connectivity index (χ0v) is 7.66. The first-order valence-corrected chi connectivity index (χ1v) is 4.48. The molecule has 5 N–H and O–H groups in total. The van der Waals surface area contributed by atoms with E-state index in [0.717, 1.165) is 31.7 Å². The fraction of sp³-hybridized carbons (Fsp3) is 0.444. The molecule has 72 valence electrons. The zero-order valence-electron chi connectivity index (χ0n) is 7.66. The number of hydrogen-bond donors (Lipinski definition) is 3. The van der Waals surface area contributed by atoms with Crippen molar-refractivity contribution >= 4 is 11.5 Å². The van der Waals surface area contributed by atoms with Crippen molar-refractivity contribution in [3.8, 4) is 0 Å². The molecule has 0 fully saturated rings. The van der Waals surface area contributed by atoms with Crippen LogP contribution in [0, 0.1) is 0 Å². The van der Waals surface area contributed by atoms with Gasteiger partial charge in [-0.15, -0.1) is 0 Å². The van der Waals surface area contributed by atoms with Crippen LogP contribution >= 0.6 is 0 Å². The number of nitrogen functional groups attached to an aromatic ring is 1. The third-order valence-electron chi connectivity index (χ3n) is 1.72. The second-order valence-corrected chi connectivity index (χ2v) is 2.90. The van der Waals surface area contributed by atoms with E-state index in [1.807, 2.05) is 12.1 Å². The van der Waals surface area contributed by atoms with Crippen molar-refractivity contribution < 1.29 is 0 Å². The summed E-state index contributed by atoms with van der Waals surface area (Å²) in [5.74, 6) is 0.867. The molecule has 0 aliphatic heterocycles. The van der Waals surface area contributed by atoms with Crippen LogP contribution in [0.1, 0.15) is 12.8 Å². The van der Waals surface area contributed by atoms with Gasteiger partial charge in [-0.3, -0.25) is 0 Å². The first-order valence-electron chi connectivity index (χ1n) is 4.48. The Labute approximate surface area is 78.3 Å². The number of nitrogens with zero attached hydrogens (tertiary/aromatic N) is 1. The fourth-order valence-electron chi connectivity index (χ4n) is 0.996. The van der Waals surface area contributed by atoms with Gasteiger partial charge in [0.2, 0.25) is 0 Å². The van der Waals surface area contributed by atoms with E-state index in [0.29, 0.717) is 5.69 Å². The van der Waals surface area contributed by atoms with E-state index in [1.54, 1.807) is 6.20 Å². The van der Waals surface area contributed by atoms with Crippen molar-refractivity contribution in [2.45, 2.75) is 12.8 Å². The summed E-state index contributed by atoms with van der Waals surface area (Å²) in [6.07, 6.45) is 3.76. The number of unbranched alkanes of at least 4 members (excludes halogenated alkanes) is 1. The molecule has 0 spiro atoms. The molecule has 1 rings (SSSR count). The second kappa shape index (κ2) is 5.37. The van der Waals surface area contributed by atoms with Crippen molar-refractivity contribution in [2.75, 3.05) is 24.1 Å². The van der Waals surface area contributed by atoms with E-state index in [1.165, 1.54) is 0 Å². The van der Waals surface area contributed by atoms with E-state index >= 15 is 0 Å². The number of aromatic nitrogens is 1. The normalized spacial score (nSPS) is 9.92. The lowest BCUT2D eigenvalue weighted by Gasteiger charge is -2.04. The molecule has 13 heavy (non-hydrogen) atoms. The van der Waals surface area contributed by atoms with Crippen LogP contribution in [0.4, 0.5) is 11.5 Å². The van der Waals surface area contributed by atoms with Crippen molar-refractivity contribution in [2.24, 2.45) is 5.73 Å². The molecule has 0 saturated heterocycles. The summed E-state index contributed by atoms with van der Waals surface area (Å²) >= 11 is 0. The van der Waals surface area contributed by atoms with Crippen molar-refractivity contribution in [3.63, 3.8) is 0 Å². The van der Waals surface area contributed by atoms with E-state index in [2.05, 4.69) is 10.3 Å². The maximum atomic E-state index is 5.50. The van der Waals surface area contributed by atoms with Crippen LogP contribution < -0.4 is 16.8 Å². The topological polar surface area (TPSA) is 77.0 Å². The Kier molecular flexibility index (Phi) is 4.05. The number of rotatable bonds is 5. The molecular weight excluding hydrogens is 164 g/mol. The highest BCUT2D eigenvalue weighted by Crippen LogP contribution is 2.05. The lowest BCUT2D eigenvalue weighted by atomic mass is 10.3. The molecule has 0 aromatic carbocycles. The molecule has 0 atom stereocenters. The average Bonchev–Trinajstić information content (AvgIpc) is 2.15. The minimum Gasteiger partial charge on any atom is -0.397 e. The van der Waals surface area contributed by atoms with Crippen LogP contribution in [0.15, 0.2) is 18.3 Å². The lowest BCUT2D eigenvalue weighted by molar-refractivity contribution is 0.772. The number of nitrogens with two attached hydrogens (primary N) is 2. The van der Waals surface area contributed by atoms with Gasteiger partial charge in [0, 0.05) is 6.54 Å². The summed E-state index contributed by atoms with van der Waals surface area (Å²) in [6.45, 7) is 1.66. The smallest absolute Gasteiger partial charge is 0.126 e. The van der Waals surface area contributed by atoms with Gasteiger partial charge in [-0.1, -0.05) is 0 Å². The third-order valence-corrected chi connectivity index (χ3v) is 1.72. The zero-order chi connectivity index (χ0) is 9.52. The predicted molar refractivity (Wildman–Crippen MR) is 55.4 cm³/mol. The maximum absolute atomic E-state index is 5.50. The quantitative estimate of drug-likeness (QED) is 0.586. The molecule has 0 aliphatic rings. The van der Waals surface area contributed by atoms with Crippen LogP contribution in [0.25, 0.3) is 0 Å². The van der Waals surface area contributed by atoms with Crippen molar-refractivity contribution in [3.05, 3.63) is 18.3 Å². The summed E-state index contributed by atoms with van der Waals surface area (Å²) in [7, 11) is 0. The molecule has 1 aromatic rings. The van der Waals surface area contributed by atoms with E-state index in [-0.39, 0.29) is 0 Å². The van der Waals surface area contributed by atoms with Crippen LogP contribution in [-0.4, -0.2) is 18.1 Å². The highest BCUT2D eigenvalue weighted by molar-refractivity contribution is 5.43. The Hall–Kier alpha value is -1.29. The van der Waals surface area contributed by atoms with Gasteiger partial charge < -0.3 is 16.8 Å². The van der Waals surface area contributed by atoms with Gasteiger partial charge in [0.25, 0.3) is 0 Å². The van der Waals surface area contributed by atoms with Crippen LogP contribution in [0.5, 0.6) is 0 Å². The van der Waals surface area contributed by atoms with Gasteiger partial charge in [-0.2, -0.15) is 0 Å². The van der Waals surface area contributed by atoms with Crippen molar-refractivity contribution in [1.29, 1.82) is 0 Å². The molecule has 0 bridgehead atoms. The number of nitrogens with one attached hydrogen (secondary N) is 1. The predicted octanol–water partition coefficient (Wildman–Crippen LogP) is 0.815. The standard InChI is InChI=1S/C9H16N4/c10-5-1-2-6-12-9-4-3-8(11)7-13-9/h3-4,7H,1-2,5-6,10-11H2,(H,12,13). The highest BCUT2D eigenvalue weighted by atomic mass is 15.0.